The molecule has 0 saturated carbocycles. The number of anilines is 1. The number of carbonyl (C=O) groups is 2. The van der Waals surface area contributed by atoms with Crippen molar-refractivity contribution < 1.29 is 23.8 Å². The monoisotopic (exact) mass is 373 g/mol. The average Bonchev–Trinajstić information content (AvgIpc) is 2.52. The first kappa shape index (κ1) is 17.3. The van der Waals surface area contributed by atoms with Crippen molar-refractivity contribution in [1.82, 2.24) is 0 Å². The molecule has 0 radical (unpaired) electrons. The molecule has 0 aliphatic carbocycles. The van der Waals surface area contributed by atoms with Crippen LogP contribution in [0.2, 0.25) is 10.0 Å². The number of benzene rings is 1. The van der Waals surface area contributed by atoms with E-state index in [1.54, 1.807) is 6.07 Å². The Morgan fingerprint density at radius 1 is 1.29 bits per heavy atom. The molecule has 0 unspecified atom stereocenters. The van der Waals surface area contributed by atoms with Gasteiger partial charge in [0.25, 0.3) is 0 Å². The molecule has 130 valence electrons. The second kappa shape index (κ2) is 6.78. The van der Waals surface area contributed by atoms with Gasteiger partial charge in [-0.3, -0.25) is 9.59 Å². The Bertz CT molecular complexity index is 681. The van der Waals surface area contributed by atoms with Crippen LogP contribution in [0.15, 0.2) is 12.1 Å². The smallest absolute Gasteiger partial charge is 0.303 e. The Labute approximate surface area is 149 Å². The lowest BCUT2D eigenvalue weighted by Gasteiger charge is -2.45. The van der Waals surface area contributed by atoms with Gasteiger partial charge in [-0.1, -0.05) is 29.3 Å². The van der Waals surface area contributed by atoms with Crippen LogP contribution in [0.1, 0.15) is 31.9 Å². The number of nitrogens with one attached hydrogen (secondary N) is 1. The first-order chi connectivity index (χ1) is 11.4. The van der Waals surface area contributed by atoms with Gasteiger partial charge in [-0.05, 0) is 6.07 Å². The Kier molecular flexibility index (Phi) is 4.90. The van der Waals surface area contributed by atoms with Crippen LogP contribution in [0.5, 0.6) is 0 Å². The molecule has 0 amide bonds. The molecule has 8 heteroatoms. The van der Waals surface area contributed by atoms with E-state index in [-0.39, 0.29) is 18.8 Å². The van der Waals surface area contributed by atoms with Crippen molar-refractivity contribution in [2.24, 2.45) is 0 Å². The molecular formula is C16H17Cl2NO5. The number of fused-ring (bicyclic) bond motifs is 4. The number of hydrogen-bond acceptors (Lipinski definition) is 6. The van der Waals surface area contributed by atoms with E-state index in [0.717, 1.165) is 5.56 Å². The number of rotatable bonds is 3. The summed E-state index contributed by atoms with van der Waals surface area (Å²) in [5.74, 6) is -0.848. The van der Waals surface area contributed by atoms with E-state index in [1.165, 1.54) is 13.8 Å². The second-order valence-corrected chi connectivity index (χ2v) is 6.64. The van der Waals surface area contributed by atoms with Gasteiger partial charge < -0.3 is 19.5 Å². The van der Waals surface area contributed by atoms with Crippen molar-refractivity contribution in [3.63, 3.8) is 0 Å². The number of carbonyl (C=O) groups excluding carboxylic acids is 2. The van der Waals surface area contributed by atoms with Crippen molar-refractivity contribution in [3.8, 4) is 0 Å². The van der Waals surface area contributed by atoms with Crippen LogP contribution in [-0.2, 0) is 23.8 Å². The van der Waals surface area contributed by atoms with Crippen molar-refractivity contribution >= 4 is 40.8 Å². The van der Waals surface area contributed by atoms with E-state index in [0.29, 0.717) is 22.2 Å². The highest BCUT2D eigenvalue weighted by atomic mass is 35.5. The van der Waals surface area contributed by atoms with Crippen LogP contribution >= 0.6 is 23.2 Å². The minimum absolute atomic E-state index is 0.0125. The molecule has 0 aromatic heterocycles. The molecule has 1 fully saturated rings. The summed E-state index contributed by atoms with van der Waals surface area (Å²) in [6.07, 6.45) is -0.786. The summed E-state index contributed by atoms with van der Waals surface area (Å²) in [5, 5.41) is 4.14. The van der Waals surface area contributed by atoms with Gasteiger partial charge in [0, 0.05) is 25.8 Å². The molecule has 1 aromatic carbocycles. The van der Waals surface area contributed by atoms with Crippen molar-refractivity contribution in [2.75, 3.05) is 11.9 Å². The predicted molar refractivity (Wildman–Crippen MR) is 88.3 cm³/mol. The van der Waals surface area contributed by atoms with Gasteiger partial charge in [0.05, 0.1) is 27.9 Å². The highest BCUT2D eigenvalue weighted by molar-refractivity contribution is 6.43. The van der Waals surface area contributed by atoms with E-state index in [4.69, 9.17) is 37.4 Å². The maximum Gasteiger partial charge on any atom is 0.303 e. The third-order valence-corrected chi connectivity index (χ3v) is 4.93. The van der Waals surface area contributed by atoms with Gasteiger partial charge in [-0.2, -0.15) is 0 Å². The zero-order valence-corrected chi connectivity index (χ0v) is 14.7. The van der Waals surface area contributed by atoms with E-state index in [1.807, 2.05) is 6.07 Å². The fraction of sp³-hybridized carbons (Fsp3) is 0.500. The SMILES string of the molecule is CC(=O)OC[C@H]1O[C@@H]2C[C@@H](Nc3c2ccc(Cl)c3Cl)[C@@H]1OC(C)=O. The summed E-state index contributed by atoms with van der Waals surface area (Å²) in [5.41, 5.74) is 1.57. The third-order valence-electron chi connectivity index (χ3n) is 4.13. The fourth-order valence-electron chi connectivity index (χ4n) is 3.16. The van der Waals surface area contributed by atoms with Gasteiger partial charge in [-0.15, -0.1) is 0 Å². The van der Waals surface area contributed by atoms with Gasteiger partial charge >= 0.3 is 11.9 Å². The average molecular weight is 374 g/mol. The van der Waals surface area contributed by atoms with Gasteiger partial charge in [0.1, 0.15) is 12.7 Å². The largest absolute Gasteiger partial charge is 0.463 e. The first-order valence-electron chi connectivity index (χ1n) is 7.57. The lowest BCUT2D eigenvalue weighted by Crippen LogP contribution is -2.55. The quantitative estimate of drug-likeness (QED) is 0.820. The molecule has 6 nitrogen and oxygen atoms in total. The zero-order valence-electron chi connectivity index (χ0n) is 13.2. The van der Waals surface area contributed by atoms with Crippen molar-refractivity contribution in [1.29, 1.82) is 0 Å². The lowest BCUT2D eigenvalue weighted by atomic mass is 9.87. The summed E-state index contributed by atoms with van der Waals surface area (Å²) in [6, 6.07) is 3.36. The fourth-order valence-corrected chi connectivity index (χ4v) is 3.54. The van der Waals surface area contributed by atoms with Gasteiger partial charge in [0.2, 0.25) is 0 Å². The molecule has 1 N–H and O–H groups in total. The third kappa shape index (κ3) is 3.31. The molecule has 1 saturated heterocycles. The molecule has 24 heavy (non-hydrogen) atoms. The van der Waals surface area contributed by atoms with Gasteiger partial charge in [-0.25, -0.2) is 0 Å². The first-order valence-corrected chi connectivity index (χ1v) is 8.33. The maximum atomic E-state index is 11.5. The van der Waals surface area contributed by atoms with Crippen LogP contribution in [0.4, 0.5) is 5.69 Å². The molecule has 4 atom stereocenters. The number of hydrogen-bond donors (Lipinski definition) is 1. The molecule has 2 aliphatic rings. The minimum atomic E-state index is -0.596. The van der Waals surface area contributed by atoms with Crippen LogP contribution in [0.25, 0.3) is 0 Å². The molecule has 2 aliphatic heterocycles. The number of esters is 2. The standard InChI is InChI=1S/C16H17Cl2NO5/c1-7(20)22-6-13-16(23-8(2)21)11-5-12(24-13)9-3-4-10(17)14(18)15(9)19-11/h3-4,11-13,16,19H,5-6H2,1-2H3/t11-,12-,13-,16+/m1/s1. The van der Waals surface area contributed by atoms with E-state index < -0.39 is 24.1 Å². The van der Waals surface area contributed by atoms with Crippen LogP contribution in [0.3, 0.4) is 0 Å². The summed E-state index contributed by atoms with van der Waals surface area (Å²) in [7, 11) is 0. The number of ether oxygens (including phenoxy) is 3. The van der Waals surface area contributed by atoms with Crippen LogP contribution in [0, 0.1) is 0 Å². The summed E-state index contributed by atoms with van der Waals surface area (Å²) >= 11 is 12.4. The molecular weight excluding hydrogens is 357 g/mol. The molecule has 3 rings (SSSR count). The summed E-state index contributed by atoms with van der Waals surface area (Å²) < 4.78 is 16.5. The highest BCUT2D eigenvalue weighted by Gasteiger charge is 2.46. The minimum Gasteiger partial charge on any atom is -0.463 e. The van der Waals surface area contributed by atoms with Crippen LogP contribution in [-0.4, -0.2) is 36.8 Å². The normalized spacial score (nSPS) is 27.7. The predicted octanol–water partition coefficient (Wildman–Crippen LogP) is 3.11. The second-order valence-electron chi connectivity index (χ2n) is 5.85. The van der Waals surface area contributed by atoms with Crippen LogP contribution < -0.4 is 5.32 Å². The number of halogens is 2. The molecule has 0 spiro atoms. The summed E-state index contributed by atoms with van der Waals surface area (Å²) in [6.45, 7) is 2.66. The lowest BCUT2D eigenvalue weighted by molar-refractivity contribution is -0.185. The van der Waals surface area contributed by atoms with E-state index in [9.17, 15) is 9.59 Å². The molecule has 1 aromatic rings. The van der Waals surface area contributed by atoms with Crippen molar-refractivity contribution in [2.45, 2.75) is 44.6 Å². The van der Waals surface area contributed by atoms with E-state index in [2.05, 4.69) is 5.32 Å². The highest BCUT2D eigenvalue weighted by Crippen LogP contribution is 2.46. The molecule has 2 bridgehead atoms. The Balaban J connectivity index is 1.91. The van der Waals surface area contributed by atoms with Gasteiger partial charge in [0.15, 0.2) is 6.10 Å². The Morgan fingerprint density at radius 2 is 2.04 bits per heavy atom. The zero-order chi connectivity index (χ0) is 17.4. The van der Waals surface area contributed by atoms with E-state index >= 15 is 0 Å². The summed E-state index contributed by atoms with van der Waals surface area (Å²) in [4.78, 5) is 22.6. The van der Waals surface area contributed by atoms with Crippen molar-refractivity contribution in [3.05, 3.63) is 27.7 Å². The topological polar surface area (TPSA) is 73.9 Å². The maximum absolute atomic E-state index is 11.5. The molecule has 2 heterocycles. The Hall–Kier alpha value is -1.50. The Morgan fingerprint density at radius 3 is 2.71 bits per heavy atom.